The molecule has 0 N–H and O–H groups in total. The average molecular weight is 338 g/mol. The Morgan fingerprint density at radius 3 is 2.17 bits per heavy atom. The molecule has 0 radical (unpaired) electrons. The molecule has 0 spiro atoms. The zero-order chi connectivity index (χ0) is 17.0. The van der Waals surface area contributed by atoms with Crippen molar-refractivity contribution < 1.29 is 19.1 Å². The fourth-order valence-corrected chi connectivity index (χ4v) is 2.97. The van der Waals surface area contributed by atoms with E-state index in [1.807, 2.05) is 6.07 Å². The Morgan fingerprint density at radius 2 is 1.70 bits per heavy atom. The first-order valence-electron chi connectivity index (χ1n) is 7.63. The van der Waals surface area contributed by atoms with E-state index in [0.29, 0.717) is 12.1 Å². The number of ketones is 1. The van der Waals surface area contributed by atoms with E-state index >= 15 is 0 Å². The van der Waals surface area contributed by atoms with Crippen LogP contribution in [0.5, 0.6) is 0 Å². The molecule has 1 aliphatic heterocycles. The summed E-state index contributed by atoms with van der Waals surface area (Å²) in [5.74, 6) is -2.51. The molecule has 0 bridgehead atoms. The number of Topliss-reactive ketones (excluding diaryl/α,β-unsaturated/α-hetero) is 1. The van der Waals surface area contributed by atoms with Gasteiger partial charge in [-0.2, -0.15) is 0 Å². The molecule has 0 aliphatic carbocycles. The van der Waals surface area contributed by atoms with Gasteiger partial charge in [0.15, 0.2) is 0 Å². The molecule has 6 heteroatoms. The van der Waals surface area contributed by atoms with Crippen molar-refractivity contribution in [3.05, 3.63) is 46.6 Å². The number of rotatable bonds is 7. The second-order valence-corrected chi connectivity index (χ2v) is 5.27. The van der Waals surface area contributed by atoms with Gasteiger partial charge in [-0.1, -0.05) is 41.9 Å². The highest BCUT2D eigenvalue weighted by Crippen LogP contribution is 2.40. The molecule has 23 heavy (non-hydrogen) atoms. The fourth-order valence-electron chi connectivity index (χ4n) is 2.60. The largest absolute Gasteiger partial charge is 0.338 e. The van der Waals surface area contributed by atoms with E-state index in [-0.39, 0.29) is 29.7 Å². The van der Waals surface area contributed by atoms with Crippen LogP contribution in [0.15, 0.2) is 41.1 Å². The maximum absolute atomic E-state index is 12.8. The van der Waals surface area contributed by atoms with Crippen molar-refractivity contribution in [2.45, 2.75) is 26.6 Å². The van der Waals surface area contributed by atoms with Gasteiger partial charge in [0.05, 0.1) is 0 Å². The van der Waals surface area contributed by atoms with Crippen LogP contribution in [0.4, 0.5) is 0 Å². The van der Waals surface area contributed by atoms with E-state index in [2.05, 4.69) is 0 Å². The summed E-state index contributed by atoms with van der Waals surface area (Å²) in [7, 11) is 0. The van der Waals surface area contributed by atoms with E-state index in [9.17, 15) is 9.59 Å². The lowest BCUT2D eigenvalue weighted by molar-refractivity contribution is -0.208. The molecule has 124 valence electrons. The van der Waals surface area contributed by atoms with Gasteiger partial charge in [-0.25, -0.2) is 0 Å². The molecule has 1 aromatic carbocycles. The summed E-state index contributed by atoms with van der Waals surface area (Å²) in [5.41, 5.74) is 0.572. The quantitative estimate of drug-likeness (QED) is 0.567. The van der Waals surface area contributed by atoms with E-state index < -0.39 is 11.7 Å². The third-order valence-corrected chi connectivity index (χ3v) is 3.98. The monoisotopic (exact) mass is 337 g/mol. The van der Waals surface area contributed by atoms with E-state index in [1.54, 1.807) is 45.0 Å². The number of allylic oxidation sites excluding steroid dienone is 1. The number of hydrogen-bond acceptors (Lipinski definition) is 4. The minimum absolute atomic E-state index is 0.0121. The second-order valence-electron chi connectivity index (χ2n) is 4.89. The van der Waals surface area contributed by atoms with Gasteiger partial charge >= 0.3 is 0 Å². The molecule has 5 nitrogen and oxygen atoms in total. The van der Waals surface area contributed by atoms with Crippen LogP contribution in [-0.2, 0) is 14.3 Å². The second kappa shape index (κ2) is 7.25. The van der Waals surface area contributed by atoms with Crippen molar-refractivity contribution in [3.63, 3.8) is 0 Å². The van der Waals surface area contributed by atoms with Crippen molar-refractivity contribution in [3.8, 4) is 0 Å². The summed E-state index contributed by atoms with van der Waals surface area (Å²) in [6, 6.07) is 8.69. The third kappa shape index (κ3) is 2.92. The minimum atomic E-state index is -1.72. The number of carbonyl (C=O) groups excluding carboxylic acids is 2. The number of halogens is 1. The number of ether oxygens (including phenoxy) is 2. The molecule has 0 fully saturated rings. The SMILES string of the molecule is CCOC1(OCC)C(=O)N(CC)C(C(=O)c2ccccc2)=C1Cl. The highest BCUT2D eigenvalue weighted by molar-refractivity contribution is 6.37. The minimum Gasteiger partial charge on any atom is -0.338 e. The Hall–Kier alpha value is -1.69. The molecule has 1 heterocycles. The maximum Gasteiger partial charge on any atom is 0.293 e. The van der Waals surface area contributed by atoms with Gasteiger partial charge in [-0.3, -0.25) is 9.59 Å². The van der Waals surface area contributed by atoms with Crippen molar-refractivity contribution >= 4 is 23.3 Å². The lowest BCUT2D eigenvalue weighted by Gasteiger charge is -2.27. The van der Waals surface area contributed by atoms with Gasteiger partial charge < -0.3 is 14.4 Å². The smallest absolute Gasteiger partial charge is 0.293 e. The third-order valence-electron chi connectivity index (χ3n) is 3.56. The van der Waals surface area contributed by atoms with Crippen LogP contribution in [0.3, 0.4) is 0 Å². The molecule has 2 rings (SSSR count). The Labute approximate surface area is 140 Å². The standard InChI is InChI=1S/C17H20ClNO4/c1-4-19-13(14(20)12-10-8-7-9-11-12)15(18)17(16(19)21,22-5-2)23-6-3/h7-11H,4-6H2,1-3H3. The molecule has 0 saturated carbocycles. The normalized spacial score (nSPS) is 17.0. The van der Waals surface area contributed by atoms with Gasteiger partial charge in [-0.15, -0.1) is 0 Å². The molecular weight excluding hydrogens is 318 g/mol. The van der Waals surface area contributed by atoms with Gasteiger partial charge in [-0.05, 0) is 20.8 Å². The lowest BCUT2D eigenvalue weighted by Crippen LogP contribution is -2.47. The summed E-state index contributed by atoms with van der Waals surface area (Å²) in [6.07, 6.45) is 0. The Balaban J connectivity index is 2.55. The van der Waals surface area contributed by atoms with Crippen LogP contribution in [0.2, 0.25) is 0 Å². The zero-order valence-corrected chi connectivity index (χ0v) is 14.2. The first-order chi connectivity index (χ1) is 11.0. The van der Waals surface area contributed by atoms with Crippen LogP contribution in [-0.4, -0.2) is 42.1 Å². The van der Waals surface area contributed by atoms with E-state index in [1.165, 1.54) is 4.90 Å². The molecule has 0 atom stereocenters. The Kier molecular flexibility index (Phi) is 5.57. The summed E-state index contributed by atoms with van der Waals surface area (Å²) in [6.45, 7) is 6.01. The molecular formula is C17H20ClNO4. The summed E-state index contributed by atoms with van der Waals surface area (Å²) >= 11 is 6.42. The highest BCUT2D eigenvalue weighted by atomic mass is 35.5. The van der Waals surface area contributed by atoms with E-state index in [4.69, 9.17) is 21.1 Å². The molecule has 1 amide bonds. The van der Waals surface area contributed by atoms with E-state index in [0.717, 1.165) is 0 Å². The molecule has 0 saturated heterocycles. The number of amides is 1. The number of likely N-dealkylation sites (N-methyl/N-ethyl adjacent to an activating group) is 1. The maximum atomic E-state index is 12.8. The van der Waals surface area contributed by atoms with Crippen molar-refractivity contribution in [1.29, 1.82) is 0 Å². The first kappa shape index (κ1) is 17.7. The molecule has 1 aromatic rings. The van der Waals surface area contributed by atoms with Gasteiger partial charge in [0, 0.05) is 25.3 Å². The number of hydrogen-bond donors (Lipinski definition) is 0. The summed E-state index contributed by atoms with van der Waals surface area (Å²) in [5, 5.41) is -0.0121. The van der Waals surface area contributed by atoms with Crippen LogP contribution in [0, 0.1) is 0 Å². The van der Waals surface area contributed by atoms with Crippen molar-refractivity contribution in [1.82, 2.24) is 4.90 Å². The molecule has 0 unspecified atom stereocenters. The number of benzene rings is 1. The summed E-state index contributed by atoms with van der Waals surface area (Å²) in [4.78, 5) is 26.9. The van der Waals surface area contributed by atoms with Gasteiger partial charge in [0.25, 0.3) is 11.7 Å². The summed E-state index contributed by atoms with van der Waals surface area (Å²) < 4.78 is 11.1. The Bertz CT molecular complexity index is 621. The highest BCUT2D eigenvalue weighted by Gasteiger charge is 2.56. The molecule has 0 aromatic heterocycles. The van der Waals surface area contributed by atoms with Gasteiger partial charge in [0.1, 0.15) is 10.7 Å². The van der Waals surface area contributed by atoms with Crippen molar-refractivity contribution in [2.24, 2.45) is 0 Å². The van der Waals surface area contributed by atoms with Crippen LogP contribution < -0.4 is 0 Å². The average Bonchev–Trinajstić information content (AvgIpc) is 2.77. The number of nitrogens with zero attached hydrogens (tertiary/aromatic N) is 1. The Morgan fingerprint density at radius 1 is 1.13 bits per heavy atom. The van der Waals surface area contributed by atoms with Crippen LogP contribution >= 0.6 is 11.6 Å². The lowest BCUT2D eigenvalue weighted by atomic mass is 10.1. The van der Waals surface area contributed by atoms with Crippen LogP contribution in [0.25, 0.3) is 0 Å². The molecule has 1 aliphatic rings. The predicted octanol–water partition coefficient (Wildman–Crippen LogP) is 2.95. The number of carbonyl (C=O) groups is 2. The van der Waals surface area contributed by atoms with Crippen LogP contribution in [0.1, 0.15) is 31.1 Å². The predicted molar refractivity (Wildman–Crippen MR) is 87.0 cm³/mol. The van der Waals surface area contributed by atoms with Crippen molar-refractivity contribution in [2.75, 3.05) is 19.8 Å². The topological polar surface area (TPSA) is 55.8 Å². The van der Waals surface area contributed by atoms with Gasteiger partial charge in [0.2, 0.25) is 5.78 Å². The first-order valence-corrected chi connectivity index (χ1v) is 8.01. The fraction of sp³-hybridized carbons (Fsp3) is 0.412. The zero-order valence-electron chi connectivity index (χ0n) is 13.5.